The van der Waals surface area contributed by atoms with Crippen LogP contribution in [-0.4, -0.2) is 34.8 Å². The molecule has 2 aromatic rings. The van der Waals surface area contributed by atoms with E-state index in [2.05, 4.69) is 25.6 Å². The van der Waals surface area contributed by atoms with Crippen molar-refractivity contribution in [2.75, 3.05) is 18.4 Å². The standard InChI is InChI=1S/C14H13N5O/c20-14(12-9-15-4-5-16-12)19-11-3-1-2-10(8-11)13-17-6-7-18-13/h1-5,8-9H,6-7H2,(H,17,18)(H,19,20). The van der Waals surface area contributed by atoms with Gasteiger partial charge in [-0.05, 0) is 12.1 Å². The van der Waals surface area contributed by atoms with E-state index in [9.17, 15) is 4.79 Å². The summed E-state index contributed by atoms with van der Waals surface area (Å²) in [5.41, 5.74) is 1.95. The molecule has 0 unspecified atom stereocenters. The number of benzene rings is 1. The summed E-state index contributed by atoms with van der Waals surface area (Å²) in [6, 6.07) is 7.54. The fraction of sp³-hybridized carbons (Fsp3) is 0.143. The maximum absolute atomic E-state index is 12.0. The van der Waals surface area contributed by atoms with Crippen LogP contribution in [0.4, 0.5) is 5.69 Å². The summed E-state index contributed by atoms with van der Waals surface area (Å²) in [6.07, 6.45) is 4.45. The molecule has 0 atom stereocenters. The van der Waals surface area contributed by atoms with Crippen molar-refractivity contribution in [2.24, 2.45) is 4.99 Å². The van der Waals surface area contributed by atoms with E-state index < -0.39 is 0 Å². The van der Waals surface area contributed by atoms with Gasteiger partial charge in [0.2, 0.25) is 0 Å². The number of carbonyl (C=O) groups is 1. The van der Waals surface area contributed by atoms with Crippen LogP contribution < -0.4 is 10.6 Å². The van der Waals surface area contributed by atoms with Gasteiger partial charge in [0.05, 0.1) is 12.7 Å². The Labute approximate surface area is 116 Å². The number of anilines is 1. The van der Waals surface area contributed by atoms with Gasteiger partial charge in [0.25, 0.3) is 5.91 Å². The predicted molar refractivity (Wildman–Crippen MR) is 75.8 cm³/mol. The zero-order valence-corrected chi connectivity index (χ0v) is 10.7. The highest BCUT2D eigenvalue weighted by molar-refractivity contribution is 6.04. The van der Waals surface area contributed by atoms with Crippen LogP contribution in [0.1, 0.15) is 16.1 Å². The van der Waals surface area contributed by atoms with Crippen LogP contribution in [0.5, 0.6) is 0 Å². The molecule has 0 aliphatic carbocycles. The molecule has 1 aliphatic rings. The van der Waals surface area contributed by atoms with Gasteiger partial charge in [-0.15, -0.1) is 0 Å². The number of nitrogens with zero attached hydrogens (tertiary/aromatic N) is 3. The van der Waals surface area contributed by atoms with E-state index in [1.165, 1.54) is 18.6 Å². The van der Waals surface area contributed by atoms with Crippen LogP contribution >= 0.6 is 0 Å². The lowest BCUT2D eigenvalue weighted by molar-refractivity contribution is 0.102. The monoisotopic (exact) mass is 267 g/mol. The number of hydrogen-bond acceptors (Lipinski definition) is 5. The van der Waals surface area contributed by atoms with E-state index in [4.69, 9.17) is 0 Å². The zero-order valence-electron chi connectivity index (χ0n) is 10.7. The molecule has 0 bridgehead atoms. The average molecular weight is 267 g/mol. The molecule has 0 radical (unpaired) electrons. The summed E-state index contributed by atoms with van der Waals surface area (Å²) < 4.78 is 0. The highest BCUT2D eigenvalue weighted by Crippen LogP contribution is 2.13. The smallest absolute Gasteiger partial charge is 0.275 e. The molecule has 6 nitrogen and oxygen atoms in total. The van der Waals surface area contributed by atoms with E-state index in [-0.39, 0.29) is 11.6 Å². The molecule has 1 aromatic carbocycles. The van der Waals surface area contributed by atoms with Crippen molar-refractivity contribution in [3.05, 3.63) is 54.1 Å². The Balaban J connectivity index is 1.78. The zero-order chi connectivity index (χ0) is 13.8. The Kier molecular flexibility index (Phi) is 3.36. The molecule has 1 amide bonds. The Bertz CT molecular complexity index is 654. The highest BCUT2D eigenvalue weighted by atomic mass is 16.1. The maximum Gasteiger partial charge on any atom is 0.275 e. The summed E-state index contributed by atoms with van der Waals surface area (Å²) >= 11 is 0. The van der Waals surface area contributed by atoms with Gasteiger partial charge in [0.15, 0.2) is 0 Å². The van der Waals surface area contributed by atoms with Crippen LogP contribution in [0.25, 0.3) is 0 Å². The topological polar surface area (TPSA) is 79.3 Å². The molecule has 2 N–H and O–H groups in total. The van der Waals surface area contributed by atoms with E-state index in [1.807, 2.05) is 24.3 Å². The molecule has 6 heteroatoms. The van der Waals surface area contributed by atoms with E-state index in [0.29, 0.717) is 5.69 Å². The van der Waals surface area contributed by atoms with Gasteiger partial charge in [-0.3, -0.25) is 14.8 Å². The summed E-state index contributed by atoms with van der Waals surface area (Å²) in [6.45, 7) is 1.64. The second-order valence-electron chi connectivity index (χ2n) is 4.28. The fourth-order valence-corrected chi connectivity index (χ4v) is 1.95. The van der Waals surface area contributed by atoms with Gasteiger partial charge < -0.3 is 10.6 Å². The van der Waals surface area contributed by atoms with Crippen molar-refractivity contribution in [3.63, 3.8) is 0 Å². The van der Waals surface area contributed by atoms with Gasteiger partial charge in [-0.25, -0.2) is 4.98 Å². The SMILES string of the molecule is O=C(Nc1cccc(C2=NCCN2)c1)c1cnccn1. The molecule has 2 heterocycles. The summed E-state index contributed by atoms with van der Waals surface area (Å²) in [7, 11) is 0. The molecule has 20 heavy (non-hydrogen) atoms. The van der Waals surface area contributed by atoms with Gasteiger partial charge in [-0.1, -0.05) is 12.1 Å². The average Bonchev–Trinajstić information content (AvgIpc) is 3.03. The molecule has 100 valence electrons. The number of carbonyl (C=O) groups excluding carboxylic acids is 1. The summed E-state index contributed by atoms with van der Waals surface area (Å²) in [5, 5.41) is 6.00. The van der Waals surface area contributed by atoms with Gasteiger partial charge in [0, 0.05) is 30.2 Å². The first-order chi connectivity index (χ1) is 9.83. The predicted octanol–water partition coefficient (Wildman–Crippen LogP) is 1.08. The van der Waals surface area contributed by atoms with Gasteiger partial charge in [0.1, 0.15) is 11.5 Å². The van der Waals surface area contributed by atoms with Crippen molar-refractivity contribution in [1.82, 2.24) is 15.3 Å². The maximum atomic E-state index is 12.0. The minimum atomic E-state index is -0.281. The molecular formula is C14H13N5O. The van der Waals surface area contributed by atoms with Crippen LogP contribution in [0.2, 0.25) is 0 Å². The third-order valence-electron chi connectivity index (χ3n) is 2.86. The van der Waals surface area contributed by atoms with E-state index in [1.54, 1.807) is 0 Å². The Morgan fingerprint density at radius 3 is 3.00 bits per heavy atom. The molecule has 0 saturated carbocycles. The third-order valence-corrected chi connectivity index (χ3v) is 2.86. The van der Waals surface area contributed by atoms with Gasteiger partial charge in [-0.2, -0.15) is 0 Å². The van der Waals surface area contributed by atoms with Crippen molar-refractivity contribution < 1.29 is 4.79 Å². The molecule has 1 aromatic heterocycles. The largest absolute Gasteiger partial charge is 0.368 e. The number of nitrogens with one attached hydrogen (secondary N) is 2. The number of rotatable bonds is 3. The summed E-state index contributed by atoms with van der Waals surface area (Å²) in [5.74, 6) is 0.581. The first-order valence-electron chi connectivity index (χ1n) is 6.29. The number of amides is 1. The van der Waals surface area contributed by atoms with Crippen LogP contribution in [0.15, 0.2) is 47.8 Å². The number of amidine groups is 1. The highest BCUT2D eigenvalue weighted by Gasteiger charge is 2.10. The third kappa shape index (κ3) is 2.64. The first kappa shape index (κ1) is 12.3. The molecular weight excluding hydrogens is 254 g/mol. The van der Waals surface area contributed by atoms with Crippen LogP contribution in [0.3, 0.4) is 0 Å². The van der Waals surface area contributed by atoms with E-state index in [0.717, 1.165) is 24.5 Å². The van der Waals surface area contributed by atoms with Crippen LogP contribution in [-0.2, 0) is 0 Å². The molecule has 0 saturated heterocycles. The Morgan fingerprint density at radius 1 is 1.30 bits per heavy atom. The van der Waals surface area contributed by atoms with Crippen molar-refractivity contribution in [1.29, 1.82) is 0 Å². The van der Waals surface area contributed by atoms with Crippen LogP contribution in [0, 0.1) is 0 Å². The first-order valence-corrected chi connectivity index (χ1v) is 6.29. The second-order valence-corrected chi connectivity index (χ2v) is 4.28. The minimum Gasteiger partial charge on any atom is -0.368 e. The summed E-state index contributed by atoms with van der Waals surface area (Å²) in [4.78, 5) is 24.2. The Morgan fingerprint density at radius 2 is 2.25 bits per heavy atom. The molecule has 0 fully saturated rings. The number of hydrogen-bond donors (Lipinski definition) is 2. The van der Waals surface area contributed by atoms with Crippen molar-refractivity contribution >= 4 is 17.4 Å². The molecule has 1 aliphatic heterocycles. The minimum absolute atomic E-state index is 0.281. The Hall–Kier alpha value is -2.76. The lowest BCUT2D eigenvalue weighted by Gasteiger charge is -2.07. The number of aliphatic imine (C=N–C) groups is 1. The van der Waals surface area contributed by atoms with Crippen molar-refractivity contribution in [3.8, 4) is 0 Å². The fourth-order valence-electron chi connectivity index (χ4n) is 1.95. The second kappa shape index (κ2) is 5.48. The van der Waals surface area contributed by atoms with Crippen molar-refractivity contribution in [2.45, 2.75) is 0 Å². The van der Waals surface area contributed by atoms with E-state index >= 15 is 0 Å². The lowest BCUT2D eigenvalue weighted by Crippen LogP contribution is -2.20. The molecule has 3 rings (SSSR count). The molecule has 0 spiro atoms. The normalized spacial score (nSPS) is 13.5. The number of aromatic nitrogens is 2. The quantitative estimate of drug-likeness (QED) is 0.872. The lowest BCUT2D eigenvalue weighted by atomic mass is 10.2. The van der Waals surface area contributed by atoms with Gasteiger partial charge >= 0.3 is 0 Å².